The lowest BCUT2D eigenvalue weighted by molar-refractivity contribution is -0.148. The average molecular weight is 307 g/mol. The zero-order chi connectivity index (χ0) is 15.6. The molecule has 1 amide bonds. The third-order valence-corrected chi connectivity index (χ3v) is 4.35. The number of carboxylic acids is 1. The van der Waals surface area contributed by atoms with Gasteiger partial charge in [-0.1, -0.05) is 23.5 Å². The highest BCUT2D eigenvalue weighted by molar-refractivity contribution is 7.22. The quantitative estimate of drug-likeness (QED) is 0.883. The van der Waals surface area contributed by atoms with Crippen molar-refractivity contribution in [2.24, 2.45) is 0 Å². The van der Waals surface area contributed by atoms with Gasteiger partial charge in [0.15, 0.2) is 5.13 Å². The van der Waals surface area contributed by atoms with Crippen molar-refractivity contribution in [1.82, 2.24) is 9.88 Å². The highest BCUT2D eigenvalue weighted by atomic mass is 32.1. The van der Waals surface area contributed by atoms with E-state index >= 15 is 0 Å². The SMILES string of the molecule is CN(CC(=O)Nc1nc2ccccc2s1)C(C)(C)C(=O)O. The largest absolute Gasteiger partial charge is 0.480 e. The van der Waals surface area contributed by atoms with Crippen LogP contribution in [-0.2, 0) is 9.59 Å². The van der Waals surface area contributed by atoms with Crippen LogP contribution in [-0.4, -0.2) is 46.0 Å². The standard InChI is InChI=1S/C14H17N3O3S/c1-14(2,12(19)20)17(3)8-11(18)16-13-15-9-6-4-5-7-10(9)21-13/h4-7H,8H2,1-3H3,(H,19,20)(H,15,16,18). The fraction of sp³-hybridized carbons (Fsp3) is 0.357. The first-order valence-electron chi connectivity index (χ1n) is 6.41. The normalized spacial score (nSPS) is 11.8. The number of carboxylic acid groups (broad SMARTS) is 1. The van der Waals surface area contributed by atoms with E-state index < -0.39 is 11.5 Å². The van der Waals surface area contributed by atoms with Gasteiger partial charge in [0, 0.05) is 0 Å². The minimum Gasteiger partial charge on any atom is -0.480 e. The van der Waals surface area contributed by atoms with Crippen molar-refractivity contribution in [3.63, 3.8) is 0 Å². The lowest BCUT2D eigenvalue weighted by atomic mass is 10.0. The van der Waals surface area contributed by atoms with E-state index in [1.807, 2.05) is 24.3 Å². The summed E-state index contributed by atoms with van der Waals surface area (Å²) in [7, 11) is 1.60. The van der Waals surface area contributed by atoms with Crippen molar-refractivity contribution in [3.05, 3.63) is 24.3 Å². The number of carbonyl (C=O) groups is 2. The molecule has 1 aromatic carbocycles. The number of thiazole rings is 1. The second-order valence-corrected chi connectivity index (χ2v) is 6.29. The number of benzene rings is 1. The first-order valence-corrected chi connectivity index (χ1v) is 7.22. The van der Waals surface area contributed by atoms with Crippen LogP contribution in [0.15, 0.2) is 24.3 Å². The van der Waals surface area contributed by atoms with Crippen LogP contribution in [0.25, 0.3) is 10.2 Å². The molecule has 0 saturated heterocycles. The van der Waals surface area contributed by atoms with Crippen LogP contribution in [0, 0.1) is 0 Å². The molecule has 0 atom stereocenters. The molecule has 0 fully saturated rings. The highest BCUT2D eigenvalue weighted by Gasteiger charge is 2.33. The Balaban J connectivity index is 2.03. The third kappa shape index (κ3) is 3.37. The summed E-state index contributed by atoms with van der Waals surface area (Å²) < 4.78 is 0.993. The van der Waals surface area contributed by atoms with Crippen LogP contribution in [0.2, 0.25) is 0 Å². The summed E-state index contributed by atoms with van der Waals surface area (Å²) in [4.78, 5) is 28.9. The Kier molecular flexibility index (Phi) is 4.24. The fourth-order valence-electron chi connectivity index (χ4n) is 1.66. The zero-order valence-corrected chi connectivity index (χ0v) is 12.9. The Bertz CT molecular complexity index is 648. The van der Waals surface area contributed by atoms with Gasteiger partial charge in [0.05, 0.1) is 16.8 Å². The van der Waals surface area contributed by atoms with Gasteiger partial charge in [-0.3, -0.25) is 14.5 Å². The molecule has 0 aliphatic heterocycles. The number of para-hydroxylation sites is 1. The summed E-state index contributed by atoms with van der Waals surface area (Å²) in [6.45, 7) is 3.09. The molecule has 0 aliphatic carbocycles. The molecule has 2 aromatic rings. The monoisotopic (exact) mass is 307 g/mol. The molecule has 0 aliphatic rings. The van der Waals surface area contributed by atoms with E-state index in [9.17, 15) is 9.59 Å². The number of rotatable bonds is 5. The number of hydrogen-bond acceptors (Lipinski definition) is 5. The number of aromatic nitrogens is 1. The number of carbonyl (C=O) groups excluding carboxylic acids is 1. The van der Waals surface area contributed by atoms with Gasteiger partial charge in [0.1, 0.15) is 5.54 Å². The molecule has 7 heteroatoms. The molecule has 6 nitrogen and oxygen atoms in total. The van der Waals surface area contributed by atoms with Gasteiger partial charge in [-0.2, -0.15) is 0 Å². The topological polar surface area (TPSA) is 82.5 Å². The molecule has 0 spiro atoms. The molecule has 1 heterocycles. The molecule has 2 rings (SSSR count). The van der Waals surface area contributed by atoms with E-state index in [0.717, 1.165) is 10.2 Å². The molecule has 1 aromatic heterocycles. The third-order valence-electron chi connectivity index (χ3n) is 3.40. The van der Waals surface area contributed by atoms with E-state index in [2.05, 4.69) is 10.3 Å². The van der Waals surface area contributed by atoms with Crippen molar-refractivity contribution in [2.45, 2.75) is 19.4 Å². The second kappa shape index (κ2) is 5.79. The van der Waals surface area contributed by atoms with E-state index in [-0.39, 0.29) is 12.5 Å². The Morgan fingerprint density at radius 3 is 2.67 bits per heavy atom. The molecule has 2 N–H and O–H groups in total. The van der Waals surface area contributed by atoms with Crippen LogP contribution in [0.4, 0.5) is 5.13 Å². The van der Waals surface area contributed by atoms with Crippen LogP contribution in [0.5, 0.6) is 0 Å². The number of amides is 1. The lowest BCUT2D eigenvalue weighted by Crippen LogP contribution is -2.50. The summed E-state index contributed by atoms with van der Waals surface area (Å²) in [6, 6.07) is 7.61. The van der Waals surface area contributed by atoms with Gasteiger partial charge >= 0.3 is 5.97 Å². The van der Waals surface area contributed by atoms with Crippen LogP contribution in [0.1, 0.15) is 13.8 Å². The lowest BCUT2D eigenvalue weighted by Gasteiger charge is -2.30. The maximum absolute atomic E-state index is 12.0. The Morgan fingerprint density at radius 2 is 2.05 bits per heavy atom. The van der Waals surface area contributed by atoms with Crippen molar-refractivity contribution in [3.8, 4) is 0 Å². The minimum atomic E-state index is -1.11. The van der Waals surface area contributed by atoms with Crippen molar-refractivity contribution in [2.75, 3.05) is 18.9 Å². The minimum absolute atomic E-state index is 0.0186. The van der Waals surface area contributed by atoms with E-state index in [4.69, 9.17) is 5.11 Å². The first-order chi connectivity index (χ1) is 9.80. The summed E-state index contributed by atoms with van der Waals surface area (Å²) >= 11 is 1.39. The number of fused-ring (bicyclic) bond motifs is 1. The summed E-state index contributed by atoms with van der Waals surface area (Å²) in [6.07, 6.45) is 0. The summed E-state index contributed by atoms with van der Waals surface area (Å²) in [5.41, 5.74) is -0.276. The Labute approximate surface area is 126 Å². The molecule has 0 saturated carbocycles. The molecule has 0 radical (unpaired) electrons. The number of hydrogen-bond donors (Lipinski definition) is 2. The van der Waals surface area contributed by atoms with Gasteiger partial charge in [-0.05, 0) is 33.0 Å². The number of nitrogens with one attached hydrogen (secondary N) is 1. The summed E-state index contributed by atoms with van der Waals surface area (Å²) in [5, 5.41) is 12.3. The van der Waals surface area contributed by atoms with Crippen molar-refractivity contribution in [1.29, 1.82) is 0 Å². The van der Waals surface area contributed by atoms with Crippen LogP contribution < -0.4 is 5.32 Å². The van der Waals surface area contributed by atoms with Crippen LogP contribution in [0.3, 0.4) is 0 Å². The van der Waals surface area contributed by atoms with Gasteiger partial charge in [-0.15, -0.1) is 0 Å². The highest BCUT2D eigenvalue weighted by Crippen LogP contribution is 2.25. The first kappa shape index (κ1) is 15.4. The van der Waals surface area contributed by atoms with Gasteiger partial charge in [0.25, 0.3) is 0 Å². The molecular weight excluding hydrogens is 290 g/mol. The predicted octanol–water partition coefficient (Wildman–Crippen LogP) is 2.03. The zero-order valence-electron chi connectivity index (χ0n) is 12.1. The predicted molar refractivity (Wildman–Crippen MR) is 82.6 cm³/mol. The fourth-order valence-corrected chi connectivity index (χ4v) is 2.54. The van der Waals surface area contributed by atoms with Gasteiger partial charge in [-0.25, -0.2) is 4.98 Å². The van der Waals surface area contributed by atoms with Gasteiger partial charge < -0.3 is 10.4 Å². The van der Waals surface area contributed by atoms with Gasteiger partial charge in [0.2, 0.25) is 5.91 Å². The van der Waals surface area contributed by atoms with Crippen molar-refractivity contribution < 1.29 is 14.7 Å². The smallest absolute Gasteiger partial charge is 0.323 e. The van der Waals surface area contributed by atoms with E-state index in [1.165, 1.54) is 16.2 Å². The number of aliphatic carboxylic acids is 1. The molecular formula is C14H17N3O3S. The number of nitrogens with zero attached hydrogens (tertiary/aromatic N) is 2. The molecule has 0 unspecified atom stereocenters. The molecule has 21 heavy (non-hydrogen) atoms. The van der Waals surface area contributed by atoms with E-state index in [1.54, 1.807) is 20.9 Å². The van der Waals surface area contributed by atoms with Crippen molar-refractivity contribution >= 4 is 38.6 Å². The summed E-state index contributed by atoms with van der Waals surface area (Å²) in [5.74, 6) is -1.26. The number of anilines is 1. The van der Waals surface area contributed by atoms with E-state index in [0.29, 0.717) is 5.13 Å². The second-order valence-electron chi connectivity index (χ2n) is 5.26. The average Bonchev–Trinajstić information content (AvgIpc) is 2.79. The Morgan fingerprint density at radius 1 is 1.38 bits per heavy atom. The Hall–Kier alpha value is -1.99. The molecule has 112 valence electrons. The number of likely N-dealkylation sites (N-methyl/N-ethyl adjacent to an activating group) is 1. The molecule has 0 bridgehead atoms. The maximum atomic E-state index is 12.0. The van der Waals surface area contributed by atoms with Crippen LogP contribution >= 0.6 is 11.3 Å². The maximum Gasteiger partial charge on any atom is 0.323 e.